The molecule has 30 heavy (non-hydrogen) atoms. The number of rotatable bonds is 7. The molecule has 0 spiro atoms. The molecule has 1 aliphatic rings. The van der Waals surface area contributed by atoms with Gasteiger partial charge in [-0.1, -0.05) is 12.1 Å². The van der Waals surface area contributed by atoms with Gasteiger partial charge in [0.15, 0.2) is 23.5 Å². The molecule has 2 aromatic carbocycles. The number of cyclic esters (lactones) is 1. The lowest BCUT2D eigenvalue weighted by molar-refractivity contribution is -0.142. The Labute approximate surface area is 169 Å². The zero-order valence-corrected chi connectivity index (χ0v) is 15.8. The molecule has 2 atom stereocenters. The highest BCUT2D eigenvalue weighted by atomic mass is 19.1. The van der Waals surface area contributed by atoms with Crippen LogP contribution < -0.4 is 15.8 Å². The fourth-order valence-corrected chi connectivity index (χ4v) is 2.87. The van der Waals surface area contributed by atoms with E-state index in [4.69, 9.17) is 15.2 Å². The Balaban J connectivity index is 1.68. The molecule has 1 heterocycles. The summed E-state index contributed by atoms with van der Waals surface area (Å²) in [7, 11) is 1.17. The number of hydrogen-bond donors (Lipinski definition) is 2. The highest BCUT2D eigenvalue weighted by Crippen LogP contribution is 2.29. The number of halogens is 2. The maximum absolute atomic E-state index is 14.3. The molecule has 0 saturated carbocycles. The Kier molecular flexibility index (Phi) is 6.26. The van der Waals surface area contributed by atoms with Crippen LogP contribution >= 0.6 is 0 Å². The summed E-state index contributed by atoms with van der Waals surface area (Å²) in [4.78, 5) is 33.9. The molecular weight excluding hydrogens is 402 g/mol. The van der Waals surface area contributed by atoms with Crippen molar-refractivity contribution in [3.63, 3.8) is 0 Å². The van der Waals surface area contributed by atoms with Crippen molar-refractivity contribution in [2.24, 2.45) is 5.73 Å². The third kappa shape index (κ3) is 4.90. The number of ether oxygens (including phenoxy) is 3. The van der Waals surface area contributed by atoms with Crippen LogP contribution in [-0.2, 0) is 31.9 Å². The molecule has 2 unspecified atom stereocenters. The molecule has 0 radical (unpaired) electrons. The van der Waals surface area contributed by atoms with Crippen LogP contribution in [0.15, 0.2) is 36.4 Å². The second-order valence-electron chi connectivity index (χ2n) is 6.56. The van der Waals surface area contributed by atoms with Gasteiger partial charge in [-0.15, -0.1) is 0 Å². The number of amides is 2. The van der Waals surface area contributed by atoms with Crippen LogP contribution in [0.4, 0.5) is 13.6 Å². The molecule has 3 rings (SSSR count). The summed E-state index contributed by atoms with van der Waals surface area (Å²) < 4.78 is 43.3. The Hall–Kier alpha value is -3.53. The van der Waals surface area contributed by atoms with E-state index in [-0.39, 0.29) is 24.2 Å². The minimum atomic E-state index is -1.05. The van der Waals surface area contributed by atoms with Gasteiger partial charge in [-0.05, 0) is 41.8 Å². The fourth-order valence-electron chi connectivity index (χ4n) is 2.87. The lowest BCUT2D eigenvalue weighted by Gasteiger charge is -2.13. The van der Waals surface area contributed by atoms with Crippen molar-refractivity contribution < 1.29 is 37.4 Å². The monoisotopic (exact) mass is 420 g/mol. The standard InChI is InChI=1S/C20H18F2N2O6/c1-28-19(26)15(23)8-11-6-13(21)17(14(22)7-11)29-12-4-2-10(3-5-12)9-16-18(25)24-20(27)30-16/h2-7,15-16H,8-9,23H2,1H3,(H,24,25,27). The molecule has 158 valence electrons. The van der Waals surface area contributed by atoms with Crippen LogP contribution in [0.1, 0.15) is 11.1 Å². The first-order chi connectivity index (χ1) is 14.3. The maximum Gasteiger partial charge on any atom is 0.414 e. The van der Waals surface area contributed by atoms with Gasteiger partial charge in [-0.3, -0.25) is 14.9 Å². The van der Waals surface area contributed by atoms with Crippen LogP contribution in [0.2, 0.25) is 0 Å². The average Bonchev–Trinajstić information content (AvgIpc) is 3.02. The van der Waals surface area contributed by atoms with Gasteiger partial charge in [0.2, 0.25) is 0 Å². The number of methoxy groups -OCH3 is 1. The molecule has 0 bridgehead atoms. The lowest BCUT2D eigenvalue weighted by atomic mass is 10.1. The molecule has 1 aliphatic heterocycles. The summed E-state index contributed by atoms with van der Waals surface area (Å²) in [5, 5.41) is 2.03. The number of nitrogens with one attached hydrogen (secondary N) is 1. The highest BCUT2D eigenvalue weighted by molar-refractivity contribution is 6.00. The average molecular weight is 420 g/mol. The first-order valence-electron chi connectivity index (χ1n) is 8.86. The number of carbonyl (C=O) groups excluding carboxylic acids is 3. The largest absolute Gasteiger partial charge is 0.468 e. The molecule has 1 fully saturated rings. The number of benzene rings is 2. The second-order valence-corrected chi connectivity index (χ2v) is 6.56. The minimum absolute atomic E-state index is 0.102. The summed E-state index contributed by atoms with van der Waals surface area (Å²) in [6, 6.07) is 7.09. The van der Waals surface area contributed by atoms with Crippen molar-refractivity contribution in [2.75, 3.05) is 7.11 Å². The van der Waals surface area contributed by atoms with Crippen molar-refractivity contribution in [3.8, 4) is 11.5 Å². The SMILES string of the molecule is COC(=O)C(N)Cc1cc(F)c(Oc2ccc(CC3OC(=O)NC3=O)cc2)c(F)c1. The molecule has 8 nitrogen and oxygen atoms in total. The Bertz CT molecular complexity index is 957. The van der Waals surface area contributed by atoms with Gasteiger partial charge in [0, 0.05) is 6.42 Å². The van der Waals surface area contributed by atoms with Gasteiger partial charge in [0.1, 0.15) is 11.8 Å². The smallest absolute Gasteiger partial charge is 0.414 e. The van der Waals surface area contributed by atoms with E-state index < -0.39 is 47.5 Å². The quantitative estimate of drug-likeness (QED) is 0.658. The van der Waals surface area contributed by atoms with E-state index >= 15 is 0 Å². The Morgan fingerprint density at radius 2 is 1.80 bits per heavy atom. The molecule has 1 saturated heterocycles. The highest BCUT2D eigenvalue weighted by Gasteiger charge is 2.32. The first kappa shape index (κ1) is 21.2. The second kappa shape index (κ2) is 8.87. The van der Waals surface area contributed by atoms with Crippen LogP contribution in [0.25, 0.3) is 0 Å². The zero-order chi connectivity index (χ0) is 21.8. The van der Waals surface area contributed by atoms with Crippen molar-refractivity contribution in [3.05, 3.63) is 59.2 Å². The Morgan fingerprint density at radius 1 is 1.17 bits per heavy atom. The molecule has 0 aromatic heterocycles. The third-order valence-corrected chi connectivity index (χ3v) is 4.35. The summed E-state index contributed by atoms with van der Waals surface area (Å²) in [5.41, 5.74) is 6.44. The van der Waals surface area contributed by atoms with Crippen LogP contribution in [0.5, 0.6) is 11.5 Å². The van der Waals surface area contributed by atoms with E-state index in [1.54, 1.807) is 12.1 Å². The predicted molar refractivity (Wildman–Crippen MR) is 98.7 cm³/mol. The summed E-state index contributed by atoms with van der Waals surface area (Å²) in [6.07, 6.45) is -1.68. The van der Waals surface area contributed by atoms with E-state index in [1.807, 2.05) is 5.32 Å². The van der Waals surface area contributed by atoms with Crippen molar-refractivity contribution in [2.45, 2.75) is 25.0 Å². The van der Waals surface area contributed by atoms with Crippen molar-refractivity contribution in [1.82, 2.24) is 5.32 Å². The topological polar surface area (TPSA) is 117 Å². The van der Waals surface area contributed by atoms with Gasteiger partial charge in [0.05, 0.1) is 7.11 Å². The number of carbonyl (C=O) groups is 3. The number of hydrogen-bond acceptors (Lipinski definition) is 7. The summed E-state index contributed by atoms with van der Waals surface area (Å²) in [6.45, 7) is 0. The van der Waals surface area contributed by atoms with E-state index in [2.05, 4.69) is 4.74 Å². The van der Waals surface area contributed by atoms with Gasteiger partial charge < -0.3 is 19.9 Å². The Morgan fingerprint density at radius 3 is 2.33 bits per heavy atom. The number of nitrogens with two attached hydrogens (primary N) is 1. The number of imide groups is 1. The molecule has 0 aliphatic carbocycles. The van der Waals surface area contributed by atoms with Crippen LogP contribution in [0, 0.1) is 11.6 Å². The number of alkyl carbamates (subject to hydrolysis) is 1. The molecular formula is C20H18F2N2O6. The van der Waals surface area contributed by atoms with Crippen LogP contribution in [-0.4, -0.2) is 37.2 Å². The predicted octanol–water partition coefficient (Wildman–Crippen LogP) is 1.98. The van der Waals surface area contributed by atoms with E-state index in [1.165, 1.54) is 19.2 Å². The molecule has 2 aromatic rings. The van der Waals surface area contributed by atoms with Gasteiger partial charge in [-0.25, -0.2) is 13.6 Å². The van der Waals surface area contributed by atoms with E-state index in [0.717, 1.165) is 12.1 Å². The fraction of sp³-hybridized carbons (Fsp3) is 0.250. The van der Waals surface area contributed by atoms with Gasteiger partial charge in [-0.2, -0.15) is 0 Å². The third-order valence-electron chi connectivity index (χ3n) is 4.35. The lowest BCUT2D eigenvalue weighted by Crippen LogP contribution is -2.33. The van der Waals surface area contributed by atoms with E-state index in [0.29, 0.717) is 5.56 Å². The van der Waals surface area contributed by atoms with Gasteiger partial charge >= 0.3 is 12.1 Å². The minimum Gasteiger partial charge on any atom is -0.468 e. The summed E-state index contributed by atoms with van der Waals surface area (Å²) >= 11 is 0. The van der Waals surface area contributed by atoms with Gasteiger partial charge in [0.25, 0.3) is 5.91 Å². The zero-order valence-electron chi connectivity index (χ0n) is 15.8. The summed E-state index contributed by atoms with van der Waals surface area (Å²) in [5.74, 6) is -3.59. The molecule has 10 heteroatoms. The number of esters is 1. The van der Waals surface area contributed by atoms with Crippen molar-refractivity contribution in [1.29, 1.82) is 0 Å². The normalized spacial score (nSPS) is 16.6. The molecule has 2 amide bonds. The molecule has 3 N–H and O–H groups in total. The first-order valence-corrected chi connectivity index (χ1v) is 8.86. The van der Waals surface area contributed by atoms with Crippen molar-refractivity contribution >= 4 is 18.0 Å². The van der Waals surface area contributed by atoms with Crippen LogP contribution in [0.3, 0.4) is 0 Å². The maximum atomic E-state index is 14.3. The van der Waals surface area contributed by atoms with E-state index in [9.17, 15) is 23.2 Å².